The number of hydrogen-bond acceptors (Lipinski definition) is 5. The fraction of sp³-hybridized carbons (Fsp3) is 0.552. The number of terminal acetylenes is 1. The Morgan fingerprint density at radius 2 is 1.86 bits per heavy atom. The molecule has 0 heterocycles. The third kappa shape index (κ3) is 9.81. The van der Waals surface area contributed by atoms with Gasteiger partial charge in [0.25, 0.3) is 0 Å². The first-order chi connectivity index (χ1) is 17.6. The Labute approximate surface area is 226 Å². The maximum Gasteiger partial charge on any atom is 0.408 e. The number of hydrogen-bond donors (Lipinski definition) is 2. The number of benzene rings is 1. The smallest absolute Gasteiger partial charge is 0.408 e. The fourth-order valence-electron chi connectivity index (χ4n) is 4.37. The summed E-state index contributed by atoms with van der Waals surface area (Å²) in [5, 5.41) is 5.90. The van der Waals surface area contributed by atoms with Gasteiger partial charge in [-0.05, 0) is 69.7 Å². The second-order valence-electron chi connectivity index (χ2n) is 10.3. The van der Waals surface area contributed by atoms with Crippen molar-refractivity contribution >= 4 is 29.7 Å². The Balaban J connectivity index is 2.42. The lowest BCUT2D eigenvalue weighted by Crippen LogP contribution is -2.54. The van der Waals surface area contributed by atoms with E-state index in [-0.39, 0.29) is 24.4 Å². The highest BCUT2D eigenvalue weighted by molar-refractivity contribution is 7.98. The van der Waals surface area contributed by atoms with Gasteiger partial charge in [-0.25, -0.2) is 4.79 Å². The molecule has 7 nitrogen and oxygen atoms in total. The van der Waals surface area contributed by atoms with Crippen molar-refractivity contribution in [1.29, 1.82) is 0 Å². The Hall–Kier alpha value is -2.92. The average Bonchev–Trinajstić information content (AvgIpc) is 2.85. The Bertz CT molecular complexity index is 959. The summed E-state index contributed by atoms with van der Waals surface area (Å²) in [6.45, 7) is 9.25. The summed E-state index contributed by atoms with van der Waals surface area (Å²) in [6.07, 6.45) is 13.9. The van der Waals surface area contributed by atoms with Gasteiger partial charge in [-0.3, -0.25) is 9.59 Å². The number of ether oxygens (including phenoxy) is 1. The third-order valence-electron chi connectivity index (χ3n) is 6.11. The number of carbonyl (C=O) groups is 3. The van der Waals surface area contributed by atoms with Crippen LogP contribution in [0.25, 0.3) is 0 Å². The van der Waals surface area contributed by atoms with Crippen molar-refractivity contribution in [2.75, 3.05) is 18.6 Å². The van der Waals surface area contributed by atoms with Gasteiger partial charge in [0.15, 0.2) is 0 Å². The van der Waals surface area contributed by atoms with Gasteiger partial charge in [0.2, 0.25) is 11.8 Å². The van der Waals surface area contributed by atoms with Crippen LogP contribution in [0.3, 0.4) is 0 Å². The normalized spacial score (nSPS) is 15.5. The van der Waals surface area contributed by atoms with Crippen LogP contribution in [0.1, 0.15) is 76.5 Å². The molecule has 2 unspecified atom stereocenters. The number of amides is 3. The lowest BCUT2D eigenvalue weighted by atomic mass is 9.94. The summed E-state index contributed by atoms with van der Waals surface area (Å²) in [4.78, 5) is 41.8. The highest BCUT2D eigenvalue weighted by atomic mass is 32.2. The lowest BCUT2D eigenvalue weighted by molar-refractivity contribution is -0.142. The number of nitrogens with one attached hydrogen (secondary N) is 2. The standard InChI is InChI=1S/C29H41N3O4S/c1-7-19-32(27(34)24(18-20-37-6)31-28(35)36-29(3,4)5)25(22-16-14-21(8-2)15-17-22)26(33)30-23-12-10-9-11-13-23/h2,7,14-17,23-25H,1,9-13,18-20H2,3-6H3,(H,30,33)(H,31,35). The Kier molecular flexibility index (Phi) is 12.1. The van der Waals surface area contributed by atoms with Crippen molar-refractivity contribution < 1.29 is 19.1 Å². The zero-order valence-corrected chi connectivity index (χ0v) is 23.4. The molecule has 3 amide bonds. The molecule has 202 valence electrons. The minimum Gasteiger partial charge on any atom is -0.444 e. The van der Waals surface area contributed by atoms with Crippen molar-refractivity contribution in [2.45, 2.75) is 83.0 Å². The van der Waals surface area contributed by atoms with Crippen molar-refractivity contribution in [3.63, 3.8) is 0 Å². The largest absolute Gasteiger partial charge is 0.444 e. The highest BCUT2D eigenvalue weighted by Gasteiger charge is 2.36. The van der Waals surface area contributed by atoms with Gasteiger partial charge in [-0.15, -0.1) is 13.0 Å². The van der Waals surface area contributed by atoms with E-state index < -0.39 is 23.8 Å². The minimum atomic E-state index is -0.906. The van der Waals surface area contributed by atoms with E-state index in [0.29, 0.717) is 23.3 Å². The molecule has 1 fully saturated rings. The number of thioether (sulfide) groups is 1. The molecule has 0 spiro atoms. The van der Waals surface area contributed by atoms with Crippen molar-refractivity contribution in [3.8, 4) is 12.3 Å². The summed E-state index contributed by atoms with van der Waals surface area (Å²) in [7, 11) is 0. The van der Waals surface area contributed by atoms with Crippen LogP contribution >= 0.6 is 11.8 Å². The molecule has 8 heteroatoms. The van der Waals surface area contributed by atoms with Gasteiger partial charge < -0.3 is 20.3 Å². The van der Waals surface area contributed by atoms with E-state index in [0.717, 1.165) is 32.1 Å². The molecule has 37 heavy (non-hydrogen) atoms. The Morgan fingerprint density at radius 1 is 1.22 bits per heavy atom. The molecular weight excluding hydrogens is 486 g/mol. The second kappa shape index (κ2) is 14.7. The fourth-order valence-corrected chi connectivity index (χ4v) is 4.84. The maximum atomic E-state index is 14.0. The first kappa shape index (κ1) is 30.3. The summed E-state index contributed by atoms with van der Waals surface area (Å²) in [5.74, 6) is 2.60. The minimum absolute atomic E-state index is 0.0709. The predicted molar refractivity (Wildman–Crippen MR) is 150 cm³/mol. The molecule has 0 bridgehead atoms. The van der Waals surface area contributed by atoms with Gasteiger partial charge >= 0.3 is 6.09 Å². The third-order valence-corrected chi connectivity index (χ3v) is 6.76. The van der Waals surface area contributed by atoms with Crippen LogP contribution < -0.4 is 10.6 Å². The van der Waals surface area contributed by atoms with E-state index in [9.17, 15) is 14.4 Å². The molecule has 1 aliphatic carbocycles. The molecule has 0 aliphatic heterocycles. The van der Waals surface area contributed by atoms with E-state index >= 15 is 0 Å². The number of alkyl carbamates (subject to hydrolysis) is 1. The van der Waals surface area contributed by atoms with Crippen LogP contribution in [0.5, 0.6) is 0 Å². The van der Waals surface area contributed by atoms with Gasteiger partial charge in [0, 0.05) is 18.2 Å². The van der Waals surface area contributed by atoms with Crippen LogP contribution in [-0.4, -0.2) is 59.0 Å². The highest BCUT2D eigenvalue weighted by Crippen LogP contribution is 2.26. The maximum absolute atomic E-state index is 14.0. The molecule has 1 saturated carbocycles. The van der Waals surface area contributed by atoms with Crippen molar-refractivity contribution in [3.05, 3.63) is 48.0 Å². The molecule has 1 aliphatic rings. The van der Waals surface area contributed by atoms with Crippen LogP contribution in [-0.2, 0) is 14.3 Å². The van der Waals surface area contributed by atoms with Crippen LogP contribution in [0.4, 0.5) is 4.79 Å². The monoisotopic (exact) mass is 527 g/mol. The molecule has 1 aromatic rings. The van der Waals surface area contributed by atoms with E-state index in [1.807, 2.05) is 6.26 Å². The molecular formula is C29H41N3O4S. The van der Waals surface area contributed by atoms with Crippen molar-refractivity contribution in [2.24, 2.45) is 0 Å². The first-order valence-corrected chi connectivity index (χ1v) is 14.3. The first-order valence-electron chi connectivity index (χ1n) is 12.9. The molecule has 0 aromatic heterocycles. The van der Waals surface area contributed by atoms with Crippen LogP contribution in [0, 0.1) is 12.3 Å². The van der Waals surface area contributed by atoms with Crippen LogP contribution in [0.15, 0.2) is 36.9 Å². The number of rotatable bonds is 11. The molecule has 2 rings (SSSR count). The second-order valence-corrected chi connectivity index (χ2v) is 11.3. The molecule has 0 saturated heterocycles. The summed E-state index contributed by atoms with van der Waals surface area (Å²) < 4.78 is 5.41. The van der Waals surface area contributed by atoms with Crippen LogP contribution in [0.2, 0.25) is 0 Å². The lowest BCUT2D eigenvalue weighted by Gasteiger charge is -2.35. The van der Waals surface area contributed by atoms with Gasteiger partial charge in [0.05, 0.1) is 0 Å². The average molecular weight is 528 g/mol. The van der Waals surface area contributed by atoms with Gasteiger partial charge in [-0.2, -0.15) is 11.8 Å². The SMILES string of the molecule is C#Cc1ccc(C(C(=O)NC2CCCCC2)N(CC=C)C(=O)C(CCSC)NC(=O)OC(C)(C)C)cc1. The number of nitrogens with zero attached hydrogens (tertiary/aromatic N) is 1. The van der Waals surface area contributed by atoms with Crippen molar-refractivity contribution in [1.82, 2.24) is 15.5 Å². The van der Waals surface area contributed by atoms with E-state index in [4.69, 9.17) is 11.2 Å². The molecule has 2 atom stereocenters. The van der Waals surface area contributed by atoms with E-state index in [1.165, 1.54) is 4.90 Å². The van der Waals surface area contributed by atoms with Gasteiger partial charge in [-0.1, -0.05) is 43.4 Å². The molecule has 2 N–H and O–H groups in total. The van der Waals surface area contributed by atoms with Gasteiger partial charge in [0.1, 0.15) is 17.7 Å². The quantitative estimate of drug-likeness (QED) is 0.318. The van der Waals surface area contributed by atoms with E-state index in [1.54, 1.807) is 62.9 Å². The topological polar surface area (TPSA) is 87.7 Å². The molecule has 1 aromatic carbocycles. The molecule has 0 radical (unpaired) electrons. The summed E-state index contributed by atoms with van der Waals surface area (Å²) >= 11 is 1.57. The predicted octanol–water partition coefficient (Wildman–Crippen LogP) is 4.82. The number of carbonyl (C=O) groups excluding carboxylic acids is 3. The zero-order chi connectivity index (χ0) is 27.4. The van der Waals surface area contributed by atoms with E-state index in [2.05, 4.69) is 23.1 Å². The summed E-state index contributed by atoms with van der Waals surface area (Å²) in [6, 6.07) is 5.38. The summed E-state index contributed by atoms with van der Waals surface area (Å²) in [5.41, 5.74) is 0.615. The Morgan fingerprint density at radius 3 is 2.41 bits per heavy atom. The zero-order valence-electron chi connectivity index (χ0n) is 22.5.